The number of benzene rings is 2. The summed E-state index contributed by atoms with van der Waals surface area (Å²) in [6.45, 7) is 10.8. The number of amides is 1. The number of likely N-dealkylation sites (tertiary alicyclic amines) is 1. The van der Waals surface area contributed by atoms with Crippen LogP contribution < -0.4 is 5.32 Å². The van der Waals surface area contributed by atoms with Gasteiger partial charge in [-0.05, 0) is 69.8 Å². The third-order valence-corrected chi connectivity index (χ3v) is 6.28. The van der Waals surface area contributed by atoms with Gasteiger partial charge in [0.1, 0.15) is 0 Å². The SMILES string of the molecule is CCC(C)(C(NC(=O)c1c(C)cccc1C)c1ccccc1)N1CCCC1. The van der Waals surface area contributed by atoms with Crippen LogP contribution in [0.5, 0.6) is 0 Å². The molecule has 0 radical (unpaired) electrons. The Labute approximate surface area is 163 Å². The summed E-state index contributed by atoms with van der Waals surface area (Å²) in [7, 11) is 0. The summed E-state index contributed by atoms with van der Waals surface area (Å²) in [5.74, 6) is 0.0262. The molecule has 1 aliphatic rings. The molecule has 27 heavy (non-hydrogen) atoms. The van der Waals surface area contributed by atoms with E-state index in [4.69, 9.17) is 0 Å². The predicted molar refractivity (Wildman–Crippen MR) is 112 cm³/mol. The predicted octanol–water partition coefficient (Wildman–Crippen LogP) is 5.04. The minimum Gasteiger partial charge on any atom is -0.343 e. The lowest BCUT2D eigenvalue weighted by atomic mass is 9.82. The molecule has 1 fully saturated rings. The van der Waals surface area contributed by atoms with Crippen LogP contribution in [-0.4, -0.2) is 29.4 Å². The summed E-state index contributed by atoms with van der Waals surface area (Å²) >= 11 is 0. The molecule has 2 aromatic carbocycles. The van der Waals surface area contributed by atoms with Crippen molar-refractivity contribution in [3.05, 3.63) is 70.8 Å². The van der Waals surface area contributed by atoms with Crippen LogP contribution in [0.4, 0.5) is 0 Å². The number of nitrogens with zero attached hydrogens (tertiary/aromatic N) is 1. The van der Waals surface area contributed by atoms with Gasteiger partial charge in [0.15, 0.2) is 0 Å². The van der Waals surface area contributed by atoms with Gasteiger partial charge in [-0.15, -0.1) is 0 Å². The van der Waals surface area contributed by atoms with E-state index in [0.29, 0.717) is 0 Å². The highest BCUT2D eigenvalue weighted by atomic mass is 16.1. The number of hydrogen-bond donors (Lipinski definition) is 1. The van der Waals surface area contributed by atoms with Crippen molar-refractivity contribution in [3.63, 3.8) is 0 Å². The maximum atomic E-state index is 13.3. The van der Waals surface area contributed by atoms with Crippen molar-refractivity contribution in [1.82, 2.24) is 10.2 Å². The Morgan fingerprint density at radius 1 is 1.04 bits per heavy atom. The summed E-state index contributed by atoms with van der Waals surface area (Å²) in [5, 5.41) is 3.42. The highest BCUT2D eigenvalue weighted by molar-refractivity contribution is 5.97. The molecule has 1 saturated heterocycles. The summed E-state index contributed by atoms with van der Waals surface area (Å²) < 4.78 is 0. The molecule has 0 aliphatic carbocycles. The van der Waals surface area contributed by atoms with Crippen molar-refractivity contribution >= 4 is 5.91 Å². The van der Waals surface area contributed by atoms with Crippen LogP contribution in [0, 0.1) is 13.8 Å². The topological polar surface area (TPSA) is 32.3 Å². The van der Waals surface area contributed by atoms with Crippen molar-refractivity contribution in [3.8, 4) is 0 Å². The number of carbonyl (C=O) groups excluding carboxylic acids is 1. The molecule has 3 nitrogen and oxygen atoms in total. The van der Waals surface area contributed by atoms with Crippen LogP contribution in [0.2, 0.25) is 0 Å². The van der Waals surface area contributed by atoms with Crippen LogP contribution in [0.3, 0.4) is 0 Å². The lowest BCUT2D eigenvalue weighted by Gasteiger charge is -2.45. The second-order valence-electron chi connectivity index (χ2n) is 7.99. The van der Waals surface area contributed by atoms with E-state index in [1.807, 2.05) is 38.1 Å². The van der Waals surface area contributed by atoms with Gasteiger partial charge in [0.05, 0.1) is 6.04 Å². The van der Waals surface area contributed by atoms with Crippen LogP contribution in [0.15, 0.2) is 48.5 Å². The van der Waals surface area contributed by atoms with Crippen molar-refractivity contribution in [2.45, 2.75) is 58.5 Å². The Bertz CT molecular complexity index is 760. The van der Waals surface area contributed by atoms with Gasteiger partial charge < -0.3 is 5.32 Å². The van der Waals surface area contributed by atoms with Gasteiger partial charge in [-0.25, -0.2) is 0 Å². The maximum Gasteiger partial charge on any atom is 0.252 e. The molecular formula is C24H32N2O. The average Bonchev–Trinajstić information content (AvgIpc) is 3.21. The standard InChI is InChI=1S/C24H32N2O/c1-5-24(4,26-16-9-10-17-26)22(20-14-7-6-8-15-20)25-23(27)21-18(2)12-11-13-19(21)3/h6-8,11-15,22H,5,9-10,16-17H2,1-4H3,(H,25,27). The second-order valence-corrected chi connectivity index (χ2v) is 7.99. The van der Waals surface area contributed by atoms with Crippen molar-refractivity contribution in [1.29, 1.82) is 0 Å². The molecule has 1 heterocycles. The zero-order valence-electron chi connectivity index (χ0n) is 17.1. The van der Waals surface area contributed by atoms with Gasteiger partial charge in [-0.2, -0.15) is 0 Å². The lowest BCUT2D eigenvalue weighted by molar-refractivity contribution is 0.0685. The van der Waals surface area contributed by atoms with Crippen molar-refractivity contribution in [2.75, 3.05) is 13.1 Å². The number of hydrogen-bond acceptors (Lipinski definition) is 2. The molecule has 1 amide bonds. The van der Waals surface area contributed by atoms with Gasteiger partial charge in [0, 0.05) is 11.1 Å². The fourth-order valence-corrected chi connectivity index (χ4v) is 4.46. The molecular weight excluding hydrogens is 332 g/mol. The maximum absolute atomic E-state index is 13.3. The van der Waals surface area contributed by atoms with Gasteiger partial charge in [0.2, 0.25) is 0 Å². The van der Waals surface area contributed by atoms with Crippen LogP contribution in [0.1, 0.15) is 66.2 Å². The number of carbonyl (C=O) groups is 1. The molecule has 0 saturated carbocycles. The number of nitrogens with one attached hydrogen (secondary N) is 1. The zero-order chi connectivity index (χ0) is 19.4. The van der Waals surface area contributed by atoms with E-state index >= 15 is 0 Å². The Balaban J connectivity index is 1.99. The first-order chi connectivity index (χ1) is 13.0. The Morgan fingerprint density at radius 2 is 1.63 bits per heavy atom. The minimum atomic E-state index is -0.107. The molecule has 2 atom stereocenters. The largest absolute Gasteiger partial charge is 0.343 e. The molecule has 0 aromatic heterocycles. The van der Waals surface area contributed by atoms with E-state index in [2.05, 4.69) is 48.3 Å². The summed E-state index contributed by atoms with van der Waals surface area (Å²) in [6.07, 6.45) is 3.46. The molecule has 2 unspecified atom stereocenters. The van der Waals surface area contributed by atoms with E-state index in [1.165, 1.54) is 18.4 Å². The Hall–Kier alpha value is -2.13. The van der Waals surface area contributed by atoms with Crippen molar-refractivity contribution < 1.29 is 4.79 Å². The number of rotatable bonds is 6. The first-order valence-electron chi connectivity index (χ1n) is 10.1. The summed E-state index contributed by atoms with van der Waals surface area (Å²) in [6, 6.07) is 16.4. The number of aryl methyl sites for hydroxylation is 2. The molecule has 0 spiro atoms. The molecule has 3 rings (SSSR count). The first kappa shape index (κ1) is 19.6. The van der Waals surface area contributed by atoms with Gasteiger partial charge >= 0.3 is 0 Å². The third-order valence-electron chi connectivity index (χ3n) is 6.28. The fraction of sp³-hybridized carbons (Fsp3) is 0.458. The van der Waals surface area contributed by atoms with Gasteiger partial charge in [0.25, 0.3) is 5.91 Å². The second kappa shape index (κ2) is 8.26. The Morgan fingerprint density at radius 3 is 2.19 bits per heavy atom. The van der Waals surface area contributed by atoms with E-state index < -0.39 is 0 Å². The van der Waals surface area contributed by atoms with E-state index in [1.54, 1.807) is 0 Å². The third kappa shape index (κ3) is 3.93. The van der Waals surface area contributed by atoms with Crippen LogP contribution in [0.25, 0.3) is 0 Å². The molecule has 1 N–H and O–H groups in total. The highest BCUT2D eigenvalue weighted by Crippen LogP contribution is 2.37. The molecule has 2 aromatic rings. The quantitative estimate of drug-likeness (QED) is 0.779. The molecule has 1 aliphatic heterocycles. The van der Waals surface area contributed by atoms with Gasteiger partial charge in [-0.1, -0.05) is 55.5 Å². The van der Waals surface area contributed by atoms with Crippen LogP contribution in [-0.2, 0) is 0 Å². The summed E-state index contributed by atoms with van der Waals surface area (Å²) in [5.41, 5.74) is 3.92. The van der Waals surface area contributed by atoms with E-state index in [0.717, 1.165) is 36.2 Å². The Kier molecular flexibility index (Phi) is 6.01. The minimum absolute atomic E-state index is 0.0262. The van der Waals surface area contributed by atoms with E-state index in [9.17, 15) is 4.79 Å². The smallest absolute Gasteiger partial charge is 0.252 e. The monoisotopic (exact) mass is 364 g/mol. The lowest BCUT2D eigenvalue weighted by Crippen LogP contribution is -2.54. The molecule has 144 valence electrons. The van der Waals surface area contributed by atoms with Crippen molar-refractivity contribution in [2.24, 2.45) is 0 Å². The van der Waals surface area contributed by atoms with Crippen LogP contribution >= 0.6 is 0 Å². The van der Waals surface area contributed by atoms with Gasteiger partial charge in [-0.3, -0.25) is 9.69 Å². The zero-order valence-corrected chi connectivity index (χ0v) is 17.1. The normalized spacial score (nSPS) is 18.1. The molecule has 0 bridgehead atoms. The highest BCUT2D eigenvalue weighted by Gasteiger charge is 2.41. The van der Waals surface area contributed by atoms with E-state index in [-0.39, 0.29) is 17.5 Å². The summed E-state index contributed by atoms with van der Waals surface area (Å²) in [4.78, 5) is 15.9. The molecule has 3 heteroatoms. The first-order valence-corrected chi connectivity index (χ1v) is 10.1. The fourth-order valence-electron chi connectivity index (χ4n) is 4.46. The average molecular weight is 365 g/mol.